The first kappa shape index (κ1) is 27.3. The van der Waals surface area contributed by atoms with Gasteiger partial charge in [0, 0.05) is 25.1 Å². The standard InChI is InChI=1S/C28H29FN2O6/c1-16-6-8-20(9-7-16)24(21-10-12-22(29)13-11-21)18(3)36-28(34)17(2)31-27(33)25-26(37-19(4)32)23(35-5)14-15-30-25/h6-15,17-18,24H,1-5H3,(H,31,33)/t17-,18-,24?/m1/s1. The average molecular weight is 509 g/mol. The molecular weight excluding hydrogens is 479 g/mol. The molecule has 0 bridgehead atoms. The summed E-state index contributed by atoms with van der Waals surface area (Å²) < 4.78 is 29.6. The van der Waals surface area contributed by atoms with Crippen LogP contribution >= 0.6 is 0 Å². The zero-order valence-electron chi connectivity index (χ0n) is 21.3. The van der Waals surface area contributed by atoms with Gasteiger partial charge in [-0.3, -0.25) is 9.59 Å². The third kappa shape index (κ3) is 6.91. The van der Waals surface area contributed by atoms with Crippen LogP contribution < -0.4 is 14.8 Å². The second kappa shape index (κ2) is 12.1. The highest BCUT2D eigenvalue weighted by Crippen LogP contribution is 2.31. The number of aromatic nitrogens is 1. The summed E-state index contributed by atoms with van der Waals surface area (Å²) in [7, 11) is 1.36. The van der Waals surface area contributed by atoms with Gasteiger partial charge in [0.1, 0.15) is 18.0 Å². The number of ether oxygens (including phenoxy) is 3. The number of aryl methyl sites for hydroxylation is 1. The summed E-state index contributed by atoms with van der Waals surface area (Å²) in [6, 6.07) is 14.2. The second-order valence-electron chi connectivity index (χ2n) is 8.56. The maximum absolute atomic E-state index is 13.6. The molecule has 194 valence electrons. The number of methoxy groups -OCH3 is 1. The Balaban J connectivity index is 1.78. The van der Waals surface area contributed by atoms with Crippen LogP contribution in [0.25, 0.3) is 0 Å². The fraction of sp³-hybridized carbons (Fsp3) is 0.286. The third-order valence-electron chi connectivity index (χ3n) is 5.69. The highest BCUT2D eigenvalue weighted by Gasteiger charge is 2.29. The molecule has 1 heterocycles. The number of hydrogen-bond donors (Lipinski definition) is 1. The van der Waals surface area contributed by atoms with Crippen molar-refractivity contribution in [3.8, 4) is 11.5 Å². The summed E-state index contributed by atoms with van der Waals surface area (Å²) in [6.45, 7) is 6.36. The Morgan fingerprint density at radius 2 is 1.54 bits per heavy atom. The SMILES string of the molecule is COc1ccnc(C(=O)N[C@H](C)C(=O)O[C@H](C)C(c2ccc(C)cc2)c2ccc(F)cc2)c1OC(C)=O. The molecule has 3 rings (SSSR count). The minimum atomic E-state index is -1.06. The van der Waals surface area contributed by atoms with E-state index in [9.17, 15) is 18.8 Å². The van der Waals surface area contributed by atoms with Crippen molar-refractivity contribution in [2.24, 2.45) is 0 Å². The van der Waals surface area contributed by atoms with Crippen LogP contribution in [0.5, 0.6) is 11.5 Å². The van der Waals surface area contributed by atoms with E-state index in [1.54, 1.807) is 19.1 Å². The minimum absolute atomic E-state index is 0.138. The van der Waals surface area contributed by atoms with E-state index in [4.69, 9.17) is 14.2 Å². The lowest BCUT2D eigenvalue weighted by atomic mass is 9.87. The summed E-state index contributed by atoms with van der Waals surface area (Å²) in [5, 5.41) is 2.53. The van der Waals surface area contributed by atoms with Crippen LogP contribution in [0.2, 0.25) is 0 Å². The van der Waals surface area contributed by atoms with E-state index in [2.05, 4.69) is 10.3 Å². The number of benzene rings is 2. The lowest BCUT2D eigenvalue weighted by Gasteiger charge is -2.26. The van der Waals surface area contributed by atoms with Gasteiger partial charge in [-0.05, 0) is 44.0 Å². The molecule has 37 heavy (non-hydrogen) atoms. The second-order valence-corrected chi connectivity index (χ2v) is 8.56. The number of hydrogen-bond acceptors (Lipinski definition) is 7. The molecule has 0 spiro atoms. The average Bonchev–Trinajstić information content (AvgIpc) is 2.86. The van der Waals surface area contributed by atoms with Crippen molar-refractivity contribution in [3.63, 3.8) is 0 Å². The number of rotatable bonds is 9. The van der Waals surface area contributed by atoms with Gasteiger partial charge in [0.15, 0.2) is 11.4 Å². The van der Waals surface area contributed by atoms with Crippen LogP contribution in [0.15, 0.2) is 60.8 Å². The highest BCUT2D eigenvalue weighted by atomic mass is 19.1. The topological polar surface area (TPSA) is 104 Å². The van der Waals surface area contributed by atoms with Crippen LogP contribution in [0.1, 0.15) is 53.9 Å². The molecule has 3 atom stereocenters. The van der Waals surface area contributed by atoms with Crippen molar-refractivity contribution in [1.29, 1.82) is 0 Å². The number of esters is 2. The maximum atomic E-state index is 13.6. The monoisotopic (exact) mass is 508 g/mol. The van der Waals surface area contributed by atoms with E-state index in [0.717, 1.165) is 16.7 Å². The van der Waals surface area contributed by atoms with Gasteiger partial charge >= 0.3 is 11.9 Å². The first-order valence-corrected chi connectivity index (χ1v) is 11.7. The maximum Gasteiger partial charge on any atom is 0.328 e. The first-order chi connectivity index (χ1) is 17.6. The Morgan fingerprint density at radius 3 is 2.11 bits per heavy atom. The summed E-state index contributed by atoms with van der Waals surface area (Å²) in [6.07, 6.45) is 0.673. The van der Waals surface area contributed by atoms with Gasteiger partial charge in [0.25, 0.3) is 5.91 Å². The van der Waals surface area contributed by atoms with Crippen molar-refractivity contribution < 1.29 is 33.0 Å². The highest BCUT2D eigenvalue weighted by molar-refractivity contribution is 5.98. The van der Waals surface area contributed by atoms with Crippen molar-refractivity contribution in [2.45, 2.75) is 45.8 Å². The molecule has 0 saturated heterocycles. The van der Waals surface area contributed by atoms with Gasteiger partial charge in [-0.25, -0.2) is 14.2 Å². The molecule has 1 N–H and O–H groups in total. The Hall–Kier alpha value is -4.27. The zero-order valence-corrected chi connectivity index (χ0v) is 21.3. The van der Waals surface area contributed by atoms with Gasteiger partial charge < -0.3 is 19.5 Å². The predicted octanol–water partition coefficient (Wildman–Crippen LogP) is 4.35. The van der Waals surface area contributed by atoms with Crippen LogP contribution in [0, 0.1) is 12.7 Å². The fourth-order valence-corrected chi connectivity index (χ4v) is 3.85. The number of pyridine rings is 1. The lowest BCUT2D eigenvalue weighted by molar-refractivity contribution is -0.150. The van der Waals surface area contributed by atoms with Crippen molar-refractivity contribution >= 4 is 17.8 Å². The number of halogens is 1. The summed E-state index contributed by atoms with van der Waals surface area (Å²) in [5.74, 6) is -2.85. The van der Waals surface area contributed by atoms with E-state index in [0.29, 0.717) is 0 Å². The molecule has 0 fully saturated rings. The number of nitrogens with one attached hydrogen (secondary N) is 1. The molecule has 1 unspecified atom stereocenters. The van der Waals surface area contributed by atoms with E-state index < -0.39 is 30.0 Å². The predicted molar refractivity (Wildman–Crippen MR) is 134 cm³/mol. The van der Waals surface area contributed by atoms with Crippen molar-refractivity contribution in [1.82, 2.24) is 10.3 Å². The van der Waals surface area contributed by atoms with Crippen LogP contribution in [-0.2, 0) is 14.3 Å². The Labute approximate surface area is 214 Å². The Bertz CT molecular complexity index is 1220. The molecule has 0 aliphatic heterocycles. The molecule has 0 radical (unpaired) electrons. The first-order valence-electron chi connectivity index (χ1n) is 11.7. The van der Waals surface area contributed by atoms with Crippen LogP contribution in [0.4, 0.5) is 4.39 Å². The molecule has 8 nitrogen and oxygen atoms in total. The summed E-state index contributed by atoms with van der Waals surface area (Å²) in [5.41, 5.74) is 2.52. The van der Waals surface area contributed by atoms with Crippen LogP contribution in [0.3, 0.4) is 0 Å². The molecule has 0 aliphatic rings. The number of carbonyl (C=O) groups excluding carboxylic acids is 3. The fourth-order valence-electron chi connectivity index (χ4n) is 3.85. The van der Waals surface area contributed by atoms with Gasteiger partial charge in [0.2, 0.25) is 5.75 Å². The molecule has 2 aromatic carbocycles. The van der Waals surface area contributed by atoms with E-state index in [1.165, 1.54) is 45.4 Å². The molecule has 0 saturated carbocycles. The van der Waals surface area contributed by atoms with E-state index in [1.807, 2.05) is 31.2 Å². The number of amides is 1. The lowest BCUT2D eigenvalue weighted by Crippen LogP contribution is -2.41. The number of nitrogens with zero attached hydrogens (tertiary/aromatic N) is 1. The zero-order chi connectivity index (χ0) is 27.1. The largest absolute Gasteiger partial charge is 0.493 e. The van der Waals surface area contributed by atoms with Gasteiger partial charge in [-0.2, -0.15) is 0 Å². The molecular formula is C28H29FN2O6. The third-order valence-corrected chi connectivity index (χ3v) is 5.69. The van der Waals surface area contributed by atoms with Gasteiger partial charge in [-0.15, -0.1) is 0 Å². The van der Waals surface area contributed by atoms with Crippen LogP contribution in [-0.4, -0.2) is 42.1 Å². The molecule has 3 aromatic rings. The molecule has 9 heteroatoms. The summed E-state index contributed by atoms with van der Waals surface area (Å²) >= 11 is 0. The molecule has 0 aliphatic carbocycles. The Morgan fingerprint density at radius 1 is 0.946 bits per heavy atom. The van der Waals surface area contributed by atoms with Gasteiger partial charge in [0.05, 0.1) is 7.11 Å². The minimum Gasteiger partial charge on any atom is -0.493 e. The van der Waals surface area contributed by atoms with Crippen molar-refractivity contribution in [3.05, 3.63) is 89.0 Å². The van der Waals surface area contributed by atoms with Gasteiger partial charge in [-0.1, -0.05) is 42.0 Å². The Kier molecular flexibility index (Phi) is 8.95. The normalized spacial score (nSPS) is 13.1. The molecule has 1 amide bonds. The quantitative estimate of drug-likeness (QED) is 0.429. The molecule has 1 aromatic heterocycles. The van der Waals surface area contributed by atoms with Crippen molar-refractivity contribution in [2.75, 3.05) is 7.11 Å². The number of carbonyl (C=O) groups is 3. The summed E-state index contributed by atoms with van der Waals surface area (Å²) in [4.78, 5) is 41.3. The van der Waals surface area contributed by atoms with E-state index >= 15 is 0 Å². The smallest absolute Gasteiger partial charge is 0.328 e. The van der Waals surface area contributed by atoms with E-state index in [-0.39, 0.29) is 28.9 Å².